The first-order valence-corrected chi connectivity index (χ1v) is 10.3. The minimum Gasteiger partial charge on any atom is -0.489 e. The van der Waals surface area contributed by atoms with E-state index in [0.717, 1.165) is 17.7 Å². The van der Waals surface area contributed by atoms with E-state index in [4.69, 9.17) is 9.47 Å². The van der Waals surface area contributed by atoms with E-state index in [1.54, 1.807) is 32.4 Å². The molecule has 6 nitrogen and oxygen atoms in total. The van der Waals surface area contributed by atoms with Crippen LogP contribution in [-0.4, -0.2) is 29.6 Å². The van der Waals surface area contributed by atoms with E-state index < -0.39 is 28.8 Å². The van der Waals surface area contributed by atoms with Crippen LogP contribution in [0.5, 0.6) is 5.75 Å². The molecule has 1 N–H and O–H groups in total. The van der Waals surface area contributed by atoms with Gasteiger partial charge in [-0.25, -0.2) is 23.1 Å². The van der Waals surface area contributed by atoms with Crippen molar-refractivity contribution in [3.05, 3.63) is 83.2 Å². The fourth-order valence-electron chi connectivity index (χ4n) is 3.87. The van der Waals surface area contributed by atoms with Crippen LogP contribution in [0.3, 0.4) is 0 Å². The average Bonchev–Trinajstić information content (AvgIpc) is 3.52. The zero-order valence-electron chi connectivity index (χ0n) is 18.1. The summed E-state index contributed by atoms with van der Waals surface area (Å²) >= 11 is 0. The Kier molecular flexibility index (Phi) is 6.33. The number of hydrogen-bond donors (Lipinski definition) is 1. The second kappa shape index (κ2) is 9.19. The minimum absolute atomic E-state index is 0.109. The van der Waals surface area contributed by atoms with Crippen LogP contribution < -0.4 is 10.1 Å². The molecule has 0 bridgehead atoms. The van der Waals surface area contributed by atoms with E-state index in [2.05, 4.69) is 15.3 Å². The van der Waals surface area contributed by atoms with Gasteiger partial charge in [0.05, 0.1) is 25.3 Å². The lowest BCUT2D eigenvalue weighted by Gasteiger charge is -2.20. The Morgan fingerprint density at radius 3 is 2.61 bits per heavy atom. The van der Waals surface area contributed by atoms with Crippen molar-refractivity contribution in [2.24, 2.45) is 5.92 Å². The number of aryl methyl sites for hydroxylation is 1. The fourth-order valence-corrected chi connectivity index (χ4v) is 3.87. The highest BCUT2D eigenvalue weighted by molar-refractivity contribution is 5.96. The molecule has 0 saturated heterocycles. The summed E-state index contributed by atoms with van der Waals surface area (Å²) in [6, 6.07) is 9.04. The standard InChI is InChI=1S/C24H22F3N3O3/c1-14-28-11-22(21(29-14)12-32-2)33-13-24(15-3-5-16(25)6-4-15)10-18(24)23(31)30-17-7-8-19(26)20(27)9-17/h3-9,11,18H,10,12-13H2,1-2H3,(H,30,31)/t18-,24+/m0/s1. The maximum atomic E-state index is 13.5. The summed E-state index contributed by atoms with van der Waals surface area (Å²) in [6.45, 7) is 2.09. The zero-order chi connectivity index (χ0) is 23.6. The molecule has 0 aliphatic heterocycles. The molecule has 1 amide bonds. The van der Waals surface area contributed by atoms with E-state index in [-0.39, 0.29) is 24.8 Å². The number of anilines is 1. The molecule has 0 spiro atoms. The number of hydrogen-bond acceptors (Lipinski definition) is 5. The van der Waals surface area contributed by atoms with Crippen molar-refractivity contribution < 1.29 is 27.4 Å². The Hall–Kier alpha value is -3.46. The number of nitrogens with zero attached hydrogens (tertiary/aromatic N) is 2. The average molecular weight is 457 g/mol. The summed E-state index contributed by atoms with van der Waals surface area (Å²) in [6.07, 6.45) is 1.98. The van der Waals surface area contributed by atoms with Crippen molar-refractivity contribution in [3.8, 4) is 5.75 Å². The van der Waals surface area contributed by atoms with Crippen molar-refractivity contribution in [2.75, 3.05) is 19.0 Å². The number of methoxy groups -OCH3 is 1. The van der Waals surface area contributed by atoms with Crippen molar-refractivity contribution in [2.45, 2.75) is 25.4 Å². The van der Waals surface area contributed by atoms with Gasteiger partial charge in [-0.1, -0.05) is 12.1 Å². The second-order valence-corrected chi connectivity index (χ2v) is 7.99. The minimum atomic E-state index is -1.05. The van der Waals surface area contributed by atoms with Gasteiger partial charge in [0.2, 0.25) is 5.91 Å². The van der Waals surface area contributed by atoms with Crippen LogP contribution in [0.2, 0.25) is 0 Å². The molecule has 1 saturated carbocycles. The molecule has 1 aromatic heterocycles. The molecule has 1 fully saturated rings. The first-order valence-electron chi connectivity index (χ1n) is 10.3. The topological polar surface area (TPSA) is 73.3 Å². The number of amides is 1. The van der Waals surface area contributed by atoms with E-state index in [1.165, 1.54) is 18.2 Å². The van der Waals surface area contributed by atoms with Gasteiger partial charge in [0.1, 0.15) is 17.3 Å². The number of halogens is 3. The molecular weight excluding hydrogens is 435 g/mol. The second-order valence-electron chi connectivity index (χ2n) is 7.99. The monoisotopic (exact) mass is 457 g/mol. The molecule has 0 unspecified atom stereocenters. The number of carbonyl (C=O) groups excluding carboxylic acids is 1. The summed E-state index contributed by atoms with van der Waals surface area (Å²) in [4.78, 5) is 21.5. The Balaban J connectivity index is 1.57. The number of rotatable bonds is 8. The van der Waals surface area contributed by atoms with Gasteiger partial charge in [0.25, 0.3) is 0 Å². The van der Waals surface area contributed by atoms with Crippen LogP contribution in [0.1, 0.15) is 23.5 Å². The predicted molar refractivity (Wildman–Crippen MR) is 114 cm³/mol. The van der Waals surface area contributed by atoms with E-state index >= 15 is 0 Å². The summed E-state index contributed by atoms with van der Waals surface area (Å²) < 4.78 is 51.5. The molecular formula is C24H22F3N3O3. The third kappa shape index (κ3) is 4.83. The Morgan fingerprint density at radius 1 is 1.15 bits per heavy atom. The SMILES string of the molecule is COCc1nc(C)ncc1OC[C@@]1(c2ccc(F)cc2)C[C@H]1C(=O)Nc1ccc(F)c(F)c1. The van der Waals surface area contributed by atoms with Crippen LogP contribution in [0.25, 0.3) is 0 Å². The third-order valence-electron chi connectivity index (χ3n) is 5.71. The summed E-state index contributed by atoms with van der Waals surface area (Å²) in [5.41, 5.74) is 0.721. The lowest BCUT2D eigenvalue weighted by Crippen LogP contribution is -2.27. The highest BCUT2D eigenvalue weighted by atomic mass is 19.2. The van der Waals surface area contributed by atoms with Crippen molar-refractivity contribution in [3.63, 3.8) is 0 Å². The smallest absolute Gasteiger partial charge is 0.228 e. The Morgan fingerprint density at radius 2 is 1.91 bits per heavy atom. The van der Waals surface area contributed by atoms with Crippen LogP contribution in [0.15, 0.2) is 48.7 Å². The number of nitrogens with one attached hydrogen (secondary N) is 1. The molecule has 4 rings (SSSR count). The van der Waals surface area contributed by atoms with Gasteiger partial charge in [-0.2, -0.15) is 0 Å². The molecule has 33 heavy (non-hydrogen) atoms. The van der Waals surface area contributed by atoms with E-state index in [9.17, 15) is 18.0 Å². The first kappa shape index (κ1) is 22.7. The van der Waals surface area contributed by atoms with Gasteiger partial charge in [0.15, 0.2) is 17.4 Å². The molecule has 9 heteroatoms. The van der Waals surface area contributed by atoms with Gasteiger partial charge < -0.3 is 14.8 Å². The molecule has 1 heterocycles. The normalized spacial score (nSPS) is 19.2. The van der Waals surface area contributed by atoms with Crippen LogP contribution in [0.4, 0.5) is 18.9 Å². The molecule has 3 aromatic rings. The number of ether oxygens (including phenoxy) is 2. The highest BCUT2D eigenvalue weighted by Crippen LogP contribution is 2.55. The summed E-state index contributed by atoms with van der Waals surface area (Å²) in [5.74, 6) is -2.34. The third-order valence-corrected chi connectivity index (χ3v) is 5.71. The summed E-state index contributed by atoms with van der Waals surface area (Å²) in [7, 11) is 1.54. The molecule has 2 atom stereocenters. The first-order chi connectivity index (χ1) is 15.8. The molecule has 1 aliphatic carbocycles. The van der Waals surface area contributed by atoms with Gasteiger partial charge in [-0.3, -0.25) is 4.79 Å². The van der Waals surface area contributed by atoms with Crippen LogP contribution in [-0.2, 0) is 21.6 Å². The van der Waals surface area contributed by atoms with Gasteiger partial charge in [0, 0.05) is 24.3 Å². The van der Waals surface area contributed by atoms with Crippen molar-refractivity contribution in [1.82, 2.24) is 9.97 Å². The maximum Gasteiger partial charge on any atom is 0.228 e. The Labute approximate surface area is 188 Å². The molecule has 0 radical (unpaired) electrons. The van der Waals surface area contributed by atoms with Crippen molar-refractivity contribution >= 4 is 11.6 Å². The predicted octanol–water partition coefficient (Wildman–Crippen LogP) is 4.32. The van der Waals surface area contributed by atoms with E-state index in [1.807, 2.05) is 0 Å². The largest absolute Gasteiger partial charge is 0.489 e. The number of aromatic nitrogens is 2. The maximum absolute atomic E-state index is 13.5. The van der Waals surface area contributed by atoms with Crippen molar-refractivity contribution in [1.29, 1.82) is 0 Å². The highest BCUT2D eigenvalue weighted by Gasteiger charge is 2.60. The fraction of sp³-hybridized carbons (Fsp3) is 0.292. The number of carbonyl (C=O) groups is 1. The lowest BCUT2D eigenvalue weighted by atomic mass is 9.93. The molecule has 2 aromatic carbocycles. The molecule has 172 valence electrons. The van der Waals surface area contributed by atoms with Crippen LogP contribution in [0, 0.1) is 30.3 Å². The Bertz CT molecular complexity index is 1170. The molecule has 1 aliphatic rings. The summed E-state index contributed by atoms with van der Waals surface area (Å²) in [5, 5.41) is 2.63. The number of benzene rings is 2. The van der Waals surface area contributed by atoms with E-state index in [0.29, 0.717) is 23.7 Å². The zero-order valence-corrected chi connectivity index (χ0v) is 18.1. The lowest BCUT2D eigenvalue weighted by molar-refractivity contribution is -0.117. The quantitative estimate of drug-likeness (QED) is 0.545. The van der Waals surface area contributed by atoms with Gasteiger partial charge >= 0.3 is 0 Å². The van der Waals surface area contributed by atoms with Crippen LogP contribution >= 0.6 is 0 Å². The van der Waals surface area contributed by atoms with Gasteiger partial charge in [-0.05, 0) is 43.2 Å². The van der Waals surface area contributed by atoms with Gasteiger partial charge in [-0.15, -0.1) is 0 Å².